The van der Waals surface area contributed by atoms with Gasteiger partial charge >= 0.3 is 5.97 Å². The van der Waals surface area contributed by atoms with Gasteiger partial charge in [-0.25, -0.2) is 13.4 Å². The summed E-state index contributed by atoms with van der Waals surface area (Å²) in [4.78, 5) is 14.6. The Morgan fingerprint density at radius 3 is 2.86 bits per heavy atom. The number of aliphatic carboxylic acids is 1. The van der Waals surface area contributed by atoms with Gasteiger partial charge in [-0.15, -0.1) is 11.3 Å². The van der Waals surface area contributed by atoms with Crippen molar-refractivity contribution in [3.05, 3.63) is 11.1 Å². The first-order valence-corrected chi connectivity index (χ1v) is 9.15. The lowest BCUT2D eigenvalue weighted by Crippen LogP contribution is -2.33. The standard InChI is InChI=1S/C12H18N2O5S2/c15-11(16)3-1-2-9-8-20-12(13-9)14-21(17,18)10-4-6-19-7-5-10/h8,10H,1-7H2,(H,13,14)(H,15,16). The number of ether oxygens (including phenoxy) is 1. The van der Waals surface area contributed by atoms with Crippen molar-refractivity contribution in [2.24, 2.45) is 0 Å². The largest absolute Gasteiger partial charge is 0.481 e. The smallest absolute Gasteiger partial charge is 0.303 e. The Bertz CT molecular complexity index is 578. The molecule has 0 unspecified atom stereocenters. The highest BCUT2D eigenvalue weighted by atomic mass is 32.2. The fourth-order valence-corrected chi connectivity index (χ4v) is 4.48. The molecule has 7 nitrogen and oxygen atoms in total. The van der Waals surface area contributed by atoms with Crippen LogP contribution in [0.25, 0.3) is 0 Å². The van der Waals surface area contributed by atoms with Crippen LogP contribution >= 0.6 is 11.3 Å². The van der Waals surface area contributed by atoms with Crippen LogP contribution in [-0.2, 0) is 26.0 Å². The maximum atomic E-state index is 12.2. The van der Waals surface area contributed by atoms with Crippen molar-refractivity contribution in [1.29, 1.82) is 0 Å². The molecule has 0 aromatic carbocycles. The maximum Gasteiger partial charge on any atom is 0.303 e. The summed E-state index contributed by atoms with van der Waals surface area (Å²) in [5.41, 5.74) is 0.714. The molecule has 0 atom stereocenters. The Balaban J connectivity index is 1.90. The van der Waals surface area contributed by atoms with Gasteiger partial charge in [0, 0.05) is 25.0 Å². The van der Waals surface area contributed by atoms with Gasteiger partial charge in [0.1, 0.15) is 0 Å². The highest BCUT2D eigenvalue weighted by Crippen LogP contribution is 2.22. The molecule has 0 aliphatic carbocycles. The first-order chi connectivity index (χ1) is 9.97. The van der Waals surface area contributed by atoms with E-state index < -0.39 is 21.2 Å². The number of hydrogen-bond donors (Lipinski definition) is 2. The minimum absolute atomic E-state index is 0.0840. The van der Waals surface area contributed by atoms with Crippen molar-refractivity contribution >= 4 is 32.5 Å². The summed E-state index contributed by atoms with van der Waals surface area (Å²) in [5.74, 6) is -0.842. The van der Waals surface area contributed by atoms with E-state index in [0.29, 0.717) is 49.7 Å². The van der Waals surface area contributed by atoms with Crippen LogP contribution in [0.2, 0.25) is 0 Å². The average molecular weight is 334 g/mol. The minimum Gasteiger partial charge on any atom is -0.481 e. The van der Waals surface area contributed by atoms with Crippen molar-refractivity contribution in [3.63, 3.8) is 0 Å². The second-order valence-corrected chi connectivity index (χ2v) is 7.67. The zero-order chi connectivity index (χ0) is 15.3. The van der Waals surface area contributed by atoms with Gasteiger partial charge in [0.25, 0.3) is 0 Å². The highest BCUT2D eigenvalue weighted by molar-refractivity contribution is 7.93. The number of sulfonamides is 1. The number of nitrogens with zero attached hydrogens (tertiary/aromatic N) is 1. The first kappa shape index (κ1) is 16.2. The topological polar surface area (TPSA) is 106 Å². The summed E-state index contributed by atoms with van der Waals surface area (Å²) in [5, 5.41) is 10.2. The molecule has 1 aromatic rings. The van der Waals surface area contributed by atoms with Crippen LogP contribution < -0.4 is 4.72 Å². The van der Waals surface area contributed by atoms with Crippen LogP contribution in [0.4, 0.5) is 5.13 Å². The Morgan fingerprint density at radius 2 is 2.19 bits per heavy atom. The quantitative estimate of drug-likeness (QED) is 0.782. The third-order valence-corrected chi connectivity index (χ3v) is 5.97. The van der Waals surface area contributed by atoms with E-state index in [1.807, 2.05) is 0 Å². The molecule has 21 heavy (non-hydrogen) atoms. The van der Waals surface area contributed by atoms with Gasteiger partial charge in [-0.2, -0.15) is 0 Å². The van der Waals surface area contributed by atoms with Crippen molar-refractivity contribution in [3.8, 4) is 0 Å². The molecule has 0 saturated carbocycles. The Kier molecular flexibility index (Phi) is 5.54. The van der Waals surface area contributed by atoms with Crippen molar-refractivity contribution in [1.82, 2.24) is 4.98 Å². The molecule has 0 radical (unpaired) electrons. The van der Waals surface area contributed by atoms with E-state index in [-0.39, 0.29) is 6.42 Å². The number of rotatable bonds is 7. The molecule has 1 aliphatic rings. The molecule has 0 spiro atoms. The number of anilines is 1. The predicted octanol–water partition coefficient (Wildman–Crippen LogP) is 1.47. The number of aromatic nitrogens is 1. The van der Waals surface area contributed by atoms with Gasteiger partial charge in [0.2, 0.25) is 10.0 Å². The molecule has 118 valence electrons. The SMILES string of the molecule is O=C(O)CCCc1csc(NS(=O)(=O)C2CCOCC2)n1. The number of carboxylic acid groups (broad SMARTS) is 1. The number of carboxylic acids is 1. The number of hydrogen-bond acceptors (Lipinski definition) is 6. The van der Waals surface area contributed by atoms with Crippen LogP contribution in [0.15, 0.2) is 5.38 Å². The van der Waals surface area contributed by atoms with Crippen molar-refractivity contribution in [2.45, 2.75) is 37.4 Å². The summed E-state index contributed by atoms with van der Waals surface area (Å²) in [6.07, 6.45) is 2.09. The fraction of sp³-hybridized carbons (Fsp3) is 0.667. The second kappa shape index (κ2) is 7.19. The summed E-state index contributed by atoms with van der Waals surface area (Å²) in [6, 6.07) is 0. The van der Waals surface area contributed by atoms with E-state index in [4.69, 9.17) is 9.84 Å². The number of carbonyl (C=O) groups is 1. The summed E-state index contributed by atoms with van der Waals surface area (Å²) < 4.78 is 32.1. The molecule has 9 heteroatoms. The maximum absolute atomic E-state index is 12.2. The summed E-state index contributed by atoms with van der Waals surface area (Å²) >= 11 is 1.22. The van der Waals surface area contributed by atoms with Gasteiger partial charge in [-0.1, -0.05) is 0 Å². The molecular formula is C12H18N2O5S2. The predicted molar refractivity (Wildman–Crippen MR) is 79.1 cm³/mol. The number of nitrogens with one attached hydrogen (secondary N) is 1. The number of thiazole rings is 1. The lowest BCUT2D eigenvalue weighted by molar-refractivity contribution is -0.137. The van der Waals surface area contributed by atoms with Gasteiger partial charge in [0.05, 0.1) is 10.9 Å². The molecule has 1 fully saturated rings. The van der Waals surface area contributed by atoms with E-state index in [0.717, 1.165) is 0 Å². The van der Waals surface area contributed by atoms with Crippen molar-refractivity contribution in [2.75, 3.05) is 17.9 Å². The normalized spacial score (nSPS) is 16.8. The molecule has 2 N–H and O–H groups in total. The van der Waals surface area contributed by atoms with Crippen LogP contribution in [0.1, 0.15) is 31.4 Å². The van der Waals surface area contributed by atoms with Gasteiger partial charge in [0.15, 0.2) is 5.13 Å². The average Bonchev–Trinajstić information content (AvgIpc) is 2.86. The number of aryl methyl sites for hydroxylation is 1. The van der Waals surface area contributed by atoms with E-state index >= 15 is 0 Å². The lowest BCUT2D eigenvalue weighted by Gasteiger charge is -2.21. The van der Waals surface area contributed by atoms with Crippen LogP contribution in [0.3, 0.4) is 0 Å². The lowest BCUT2D eigenvalue weighted by atomic mass is 10.2. The first-order valence-electron chi connectivity index (χ1n) is 6.73. The molecule has 1 saturated heterocycles. The van der Waals surface area contributed by atoms with Crippen molar-refractivity contribution < 1.29 is 23.1 Å². The van der Waals surface area contributed by atoms with Gasteiger partial charge in [-0.05, 0) is 25.7 Å². The molecule has 0 amide bonds. The van der Waals surface area contributed by atoms with E-state index in [9.17, 15) is 13.2 Å². The van der Waals surface area contributed by atoms with Crippen LogP contribution in [0, 0.1) is 0 Å². The molecule has 1 aromatic heterocycles. The zero-order valence-corrected chi connectivity index (χ0v) is 13.1. The Hall–Kier alpha value is -1.19. The Labute approximate surface area is 127 Å². The van der Waals surface area contributed by atoms with Gasteiger partial charge in [-0.3, -0.25) is 9.52 Å². The summed E-state index contributed by atoms with van der Waals surface area (Å²) in [6.45, 7) is 0.924. The molecule has 2 rings (SSSR count). The summed E-state index contributed by atoms with van der Waals surface area (Å²) in [7, 11) is -3.43. The Morgan fingerprint density at radius 1 is 1.48 bits per heavy atom. The fourth-order valence-electron chi connectivity index (χ4n) is 2.08. The van der Waals surface area contributed by atoms with E-state index in [1.54, 1.807) is 5.38 Å². The minimum atomic E-state index is -3.43. The van der Waals surface area contributed by atoms with E-state index in [1.165, 1.54) is 11.3 Å². The van der Waals surface area contributed by atoms with Gasteiger partial charge < -0.3 is 9.84 Å². The second-order valence-electron chi connectivity index (χ2n) is 4.85. The third-order valence-electron chi connectivity index (χ3n) is 3.21. The molecule has 0 bridgehead atoms. The molecular weight excluding hydrogens is 316 g/mol. The highest BCUT2D eigenvalue weighted by Gasteiger charge is 2.28. The molecule has 1 aliphatic heterocycles. The third kappa shape index (κ3) is 4.94. The van der Waals surface area contributed by atoms with Crippen LogP contribution in [-0.4, -0.2) is 42.9 Å². The van der Waals surface area contributed by atoms with E-state index in [2.05, 4.69) is 9.71 Å². The monoisotopic (exact) mass is 334 g/mol. The zero-order valence-electron chi connectivity index (χ0n) is 11.4. The molecule has 2 heterocycles. The van der Waals surface area contributed by atoms with Crippen LogP contribution in [0.5, 0.6) is 0 Å².